The molecule has 2 aromatic rings. The number of methoxy groups -OCH3 is 1. The minimum Gasteiger partial charge on any atom is -0.497 e. The molecule has 0 aliphatic rings. The van der Waals surface area contributed by atoms with Crippen molar-refractivity contribution in [3.8, 4) is 11.5 Å². The maximum Gasteiger partial charge on any atom is 0.257 e. The van der Waals surface area contributed by atoms with Crippen molar-refractivity contribution >= 4 is 21.8 Å². The number of nitrogens with one attached hydrogen (secondary N) is 1. The van der Waals surface area contributed by atoms with Gasteiger partial charge in [-0.3, -0.25) is 4.79 Å². The summed E-state index contributed by atoms with van der Waals surface area (Å²) in [7, 11) is 1.64. The minimum atomic E-state index is -0.136. The molecule has 0 bridgehead atoms. The Labute approximate surface area is 138 Å². The summed E-state index contributed by atoms with van der Waals surface area (Å²) < 4.78 is 11.5. The number of amides is 1. The van der Waals surface area contributed by atoms with Crippen LogP contribution < -0.4 is 14.8 Å². The third-order valence-electron chi connectivity index (χ3n) is 3.04. The van der Waals surface area contributed by atoms with Gasteiger partial charge in [-0.25, -0.2) is 0 Å². The second-order valence-corrected chi connectivity index (χ2v) is 5.61. The lowest BCUT2D eigenvalue weighted by molar-refractivity contribution is -0.123. The highest BCUT2D eigenvalue weighted by molar-refractivity contribution is 9.10. The maximum atomic E-state index is 11.7. The number of carbonyl (C=O) groups excluding carboxylic acids is 1. The van der Waals surface area contributed by atoms with E-state index in [4.69, 9.17) is 9.47 Å². The van der Waals surface area contributed by atoms with E-state index in [1.807, 2.05) is 48.5 Å². The van der Waals surface area contributed by atoms with Gasteiger partial charge in [-0.2, -0.15) is 0 Å². The van der Waals surface area contributed by atoms with Crippen LogP contribution in [0.2, 0.25) is 0 Å². The zero-order valence-electron chi connectivity index (χ0n) is 12.3. The Hall–Kier alpha value is -2.01. The Morgan fingerprint density at radius 2 is 1.91 bits per heavy atom. The molecule has 0 radical (unpaired) electrons. The van der Waals surface area contributed by atoms with Crippen LogP contribution in [0.4, 0.5) is 0 Å². The van der Waals surface area contributed by atoms with Gasteiger partial charge in [-0.05, 0) is 42.3 Å². The van der Waals surface area contributed by atoms with E-state index in [-0.39, 0.29) is 12.5 Å². The van der Waals surface area contributed by atoms with Crippen LogP contribution in [-0.4, -0.2) is 26.2 Å². The van der Waals surface area contributed by atoms with Crippen molar-refractivity contribution in [2.75, 3.05) is 20.3 Å². The van der Waals surface area contributed by atoms with Gasteiger partial charge >= 0.3 is 0 Å². The van der Waals surface area contributed by atoms with Crippen molar-refractivity contribution < 1.29 is 14.3 Å². The Morgan fingerprint density at radius 1 is 1.14 bits per heavy atom. The predicted octanol–water partition coefficient (Wildman–Crippen LogP) is 3.20. The normalized spacial score (nSPS) is 10.1. The molecular weight excluding hydrogens is 346 g/mol. The second kappa shape index (κ2) is 8.44. The number of rotatable bonds is 7. The molecule has 116 valence electrons. The Bertz CT molecular complexity index is 631. The number of halogens is 1. The number of hydrogen-bond acceptors (Lipinski definition) is 3. The first-order valence-electron chi connectivity index (χ1n) is 6.95. The van der Waals surface area contributed by atoms with Gasteiger partial charge in [0.25, 0.3) is 5.91 Å². The van der Waals surface area contributed by atoms with Crippen LogP contribution in [0.25, 0.3) is 0 Å². The van der Waals surface area contributed by atoms with E-state index < -0.39 is 0 Å². The first-order chi connectivity index (χ1) is 10.7. The van der Waals surface area contributed by atoms with Gasteiger partial charge in [-0.15, -0.1) is 0 Å². The van der Waals surface area contributed by atoms with Crippen molar-refractivity contribution in [1.82, 2.24) is 5.32 Å². The Morgan fingerprint density at radius 3 is 2.68 bits per heavy atom. The van der Waals surface area contributed by atoms with Crippen molar-refractivity contribution in [2.45, 2.75) is 6.42 Å². The SMILES string of the molecule is COc1cccc(CCNC(=O)COc2cccc(Br)c2)c1. The van der Waals surface area contributed by atoms with Crippen LogP contribution in [0.3, 0.4) is 0 Å². The molecule has 22 heavy (non-hydrogen) atoms. The molecule has 0 fully saturated rings. The van der Waals surface area contributed by atoms with E-state index in [9.17, 15) is 4.79 Å². The molecule has 0 unspecified atom stereocenters. The van der Waals surface area contributed by atoms with Crippen LogP contribution in [0.5, 0.6) is 11.5 Å². The highest BCUT2D eigenvalue weighted by Gasteiger charge is 2.03. The number of benzene rings is 2. The molecule has 2 rings (SSSR count). The molecule has 1 amide bonds. The lowest BCUT2D eigenvalue weighted by atomic mass is 10.1. The predicted molar refractivity (Wildman–Crippen MR) is 89.3 cm³/mol. The van der Waals surface area contributed by atoms with Gasteiger partial charge in [0.15, 0.2) is 6.61 Å². The molecule has 0 saturated heterocycles. The van der Waals surface area contributed by atoms with E-state index >= 15 is 0 Å². The smallest absolute Gasteiger partial charge is 0.257 e. The van der Waals surface area contributed by atoms with Crippen LogP contribution in [0, 0.1) is 0 Å². The Balaban J connectivity index is 1.71. The summed E-state index contributed by atoms with van der Waals surface area (Å²) in [5.41, 5.74) is 1.12. The fourth-order valence-electron chi connectivity index (χ4n) is 1.93. The number of ether oxygens (including phenoxy) is 2. The zero-order valence-corrected chi connectivity index (χ0v) is 13.9. The van der Waals surface area contributed by atoms with Gasteiger partial charge in [0.2, 0.25) is 0 Å². The van der Waals surface area contributed by atoms with Crippen LogP contribution >= 0.6 is 15.9 Å². The average Bonchev–Trinajstić information content (AvgIpc) is 2.53. The zero-order chi connectivity index (χ0) is 15.8. The standard InChI is InChI=1S/C17H18BrNO3/c1-21-15-6-2-4-13(10-15)8-9-19-17(20)12-22-16-7-3-5-14(18)11-16/h2-7,10-11H,8-9,12H2,1H3,(H,19,20). The Kier molecular flexibility index (Phi) is 6.27. The molecule has 0 aromatic heterocycles. The van der Waals surface area contributed by atoms with Crippen molar-refractivity contribution in [3.63, 3.8) is 0 Å². The monoisotopic (exact) mass is 363 g/mol. The van der Waals surface area contributed by atoms with E-state index in [0.717, 1.165) is 22.2 Å². The van der Waals surface area contributed by atoms with E-state index in [1.54, 1.807) is 7.11 Å². The summed E-state index contributed by atoms with van der Waals surface area (Å²) in [6.45, 7) is 0.572. The highest BCUT2D eigenvalue weighted by atomic mass is 79.9. The first-order valence-corrected chi connectivity index (χ1v) is 7.74. The van der Waals surface area contributed by atoms with Gasteiger partial charge in [-0.1, -0.05) is 34.1 Å². The maximum absolute atomic E-state index is 11.7. The molecule has 1 N–H and O–H groups in total. The van der Waals surface area contributed by atoms with Gasteiger partial charge in [0, 0.05) is 11.0 Å². The van der Waals surface area contributed by atoms with Crippen molar-refractivity contribution in [1.29, 1.82) is 0 Å². The molecule has 0 aliphatic carbocycles. The van der Waals surface area contributed by atoms with E-state index in [1.165, 1.54) is 0 Å². The van der Waals surface area contributed by atoms with Crippen molar-refractivity contribution in [2.24, 2.45) is 0 Å². The molecule has 0 atom stereocenters. The summed E-state index contributed by atoms with van der Waals surface area (Å²) in [6, 6.07) is 15.2. The molecule has 5 heteroatoms. The summed E-state index contributed by atoms with van der Waals surface area (Å²) in [6.07, 6.45) is 0.750. The second-order valence-electron chi connectivity index (χ2n) is 4.70. The van der Waals surface area contributed by atoms with Gasteiger partial charge in [0.05, 0.1) is 7.11 Å². The van der Waals surface area contributed by atoms with Crippen LogP contribution in [-0.2, 0) is 11.2 Å². The number of hydrogen-bond donors (Lipinski definition) is 1. The largest absolute Gasteiger partial charge is 0.497 e. The van der Waals surface area contributed by atoms with Crippen LogP contribution in [0.15, 0.2) is 53.0 Å². The highest BCUT2D eigenvalue weighted by Crippen LogP contribution is 2.17. The first kappa shape index (κ1) is 16.4. The third-order valence-corrected chi connectivity index (χ3v) is 3.53. The summed E-state index contributed by atoms with van der Waals surface area (Å²) in [4.78, 5) is 11.7. The summed E-state index contributed by atoms with van der Waals surface area (Å²) >= 11 is 3.36. The lowest BCUT2D eigenvalue weighted by Crippen LogP contribution is -2.30. The number of carbonyl (C=O) groups is 1. The lowest BCUT2D eigenvalue weighted by Gasteiger charge is -2.08. The summed E-state index contributed by atoms with van der Waals surface area (Å²) in [5, 5.41) is 2.84. The molecule has 0 aliphatic heterocycles. The quantitative estimate of drug-likeness (QED) is 0.821. The molecule has 0 spiro atoms. The van der Waals surface area contributed by atoms with Crippen LogP contribution in [0.1, 0.15) is 5.56 Å². The molecule has 0 saturated carbocycles. The molecule has 2 aromatic carbocycles. The average molecular weight is 364 g/mol. The fraction of sp³-hybridized carbons (Fsp3) is 0.235. The van der Waals surface area contributed by atoms with E-state index in [0.29, 0.717) is 12.3 Å². The fourth-order valence-corrected chi connectivity index (χ4v) is 2.31. The minimum absolute atomic E-state index is 0.00850. The van der Waals surface area contributed by atoms with Gasteiger partial charge in [0.1, 0.15) is 11.5 Å². The molecule has 0 heterocycles. The topological polar surface area (TPSA) is 47.6 Å². The third kappa shape index (κ3) is 5.41. The molecular formula is C17H18BrNO3. The summed E-state index contributed by atoms with van der Waals surface area (Å²) in [5.74, 6) is 1.35. The molecule has 4 nitrogen and oxygen atoms in total. The van der Waals surface area contributed by atoms with E-state index in [2.05, 4.69) is 21.2 Å². The van der Waals surface area contributed by atoms with Gasteiger partial charge < -0.3 is 14.8 Å². The van der Waals surface area contributed by atoms with Crippen molar-refractivity contribution in [3.05, 3.63) is 58.6 Å².